The van der Waals surface area contributed by atoms with Crippen LogP contribution in [0.2, 0.25) is 0 Å². The summed E-state index contributed by atoms with van der Waals surface area (Å²) in [4.78, 5) is 13.4. The van der Waals surface area contributed by atoms with Crippen LogP contribution in [-0.2, 0) is 9.53 Å². The van der Waals surface area contributed by atoms with Crippen molar-refractivity contribution in [2.24, 2.45) is 17.6 Å². The minimum atomic E-state index is -0.465. The van der Waals surface area contributed by atoms with Gasteiger partial charge in [0.05, 0.1) is 7.11 Å². The molecule has 4 nitrogen and oxygen atoms in total. The number of esters is 1. The lowest BCUT2D eigenvalue weighted by atomic mass is 9.88. The highest BCUT2D eigenvalue weighted by Gasteiger charge is 2.29. The molecule has 1 atom stereocenters. The number of nitrogens with zero attached hydrogens (tertiary/aromatic N) is 1. The Kier molecular flexibility index (Phi) is 4.54. The van der Waals surface area contributed by atoms with Crippen LogP contribution in [0.5, 0.6) is 0 Å². The van der Waals surface area contributed by atoms with E-state index in [1.54, 1.807) is 0 Å². The zero-order valence-corrected chi connectivity index (χ0v) is 9.90. The molecule has 0 amide bonds. The largest absolute Gasteiger partial charge is 0.468 e. The zero-order valence-electron chi connectivity index (χ0n) is 9.90. The Labute approximate surface area is 91.8 Å². The summed E-state index contributed by atoms with van der Waals surface area (Å²) in [6.45, 7) is 7.70. The first-order valence-corrected chi connectivity index (χ1v) is 5.60. The van der Waals surface area contributed by atoms with Crippen LogP contribution in [0.1, 0.15) is 20.3 Å². The van der Waals surface area contributed by atoms with Gasteiger partial charge in [-0.05, 0) is 18.3 Å². The van der Waals surface area contributed by atoms with E-state index in [1.165, 1.54) is 7.11 Å². The number of rotatable bonds is 5. The molecular formula is C11H22N2O2. The van der Waals surface area contributed by atoms with Crippen molar-refractivity contribution in [3.63, 3.8) is 0 Å². The molecule has 2 N–H and O–H groups in total. The third kappa shape index (κ3) is 3.47. The minimum Gasteiger partial charge on any atom is -0.468 e. The Morgan fingerprint density at radius 3 is 2.60 bits per heavy atom. The second-order valence-corrected chi connectivity index (χ2v) is 4.68. The average molecular weight is 214 g/mol. The molecule has 1 rings (SSSR count). The Morgan fingerprint density at radius 1 is 1.53 bits per heavy atom. The second kappa shape index (κ2) is 5.47. The maximum absolute atomic E-state index is 11.0. The molecule has 0 aliphatic carbocycles. The van der Waals surface area contributed by atoms with Crippen molar-refractivity contribution >= 4 is 5.97 Å². The van der Waals surface area contributed by atoms with Gasteiger partial charge >= 0.3 is 5.97 Å². The fraction of sp³-hybridized carbons (Fsp3) is 0.909. The number of carbonyl (C=O) groups excluding carboxylic acids is 1. The van der Waals surface area contributed by atoms with E-state index in [0.717, 1.165) is 31.5 Å². The second-order valence-electron chi connectivity index (χ2n) is 4.68. The van der Waals surface area contributed by atoms with Crippen LogP contribution in [0.3, 0.4) is 0 Å². The summed E-state index contributed by atoms with van der Waals surface area (Å²) >= 11 is 0. The topological polar surface area (TPSA) is 55.6 Å². The van der Waals surface area contributed by atoms with Crippen LogP contribution < -0.4 is 5.73 Å². The van der Waals surface area contributed by atoms with Gasteiger partial charge in [0, 0.05) is 19.6 Å². The molecule has 0 spiro atoms. The molecule has 1 heterocycles. The zero-order chi connectivity index (χ0) is 11.4. The van der Waals surface area contributed by atoms with E-state index in [9.17, 15) is 4.79 Å². The molecule has 0 aromatic heterocycles. The molecule has 1 aliphatic rings. The van der Waals surface area contributed by atoms with E-state index in [2.05, 4.69) is 23.5 Å². The van der Waals surface area contributed by atoms with Gasteiger partial charge in [0.1, 0.15) is 6.04 Å². The first-order chi connectivity index (χ1) is 7.04. The highest BCUT2D eigenvalue weighted by molar-refractivity contribution is 5.75. The first kappa shape index (κ1) is 12.5. The summed E-state index contributed by atoms with van der Waals surface area (Å²) in [6, 6.07) is -0.465. The maximum Gasteiger partial charge on any atom is 0.322 e. The van der Waals surface area contributed by atoms with Gasteiger partial charge in [0.15, 0.2) is 0 Å². The van der Waals surface area contributed by atoms with Crippen LogP contribution in [-0.4, -0.2) is 43.7 Å². The van der Waals surface area contributed by atoms with Crippen molar-refractivity contribution in [1.82, 2.24) is 4.90 Å². The molecule has 0 aromatic carbocycles. The monoisotopic (exact) mass is 214 g/mol. The number of methoxy groups -OCH3 is 1. The van der Waals surface area contributed by atoms with Gasteiger partial charge in [-0.1, -0.05) is 13.8 Å². The van der Waals surface area contributed by atoms with Gasteiger partial charge < -0.3 is 15.4 Å². The quantitative estimate of drug-likeness (QED) is 0.676. The molecule has 1 unspecified atom stereocenters. The SMILES string of the molecule is COC(=O)C(N)CCN1CC(C(C)C)C1. The molecule has 0 aromatic rings. The van der Waals surface area contributed by atoms with E-state index in [1.807, 2.05) is 0 Å². The highest BCUT2D eigenvalue weighted by atomic mass is 16.5. The molecule has 1 fully saturated rings. The Bertz CT molecular complexity index is 213. The highest BCUT2D eigenvalue weighted by Crippen LogP contribution is 2.23. The van der Waals surface area contributed by atoms with Crippen molar-refractivity contribution in [3.8, 4) is 0 Å². The predicted molar refractivity (Wildman–Crippen MR) is 59.4 cm³/mol. The van der Waals surface area contributed by atoms with Gasteiger partial charge in [0.2, 0.25) is 0 Å². The Morgan fingerprint density at radius 2 is 2.13 bits per heavy atom. The maximum atomic E-state index is 11.0. The summed E-state index contributed by atoms with van der Waals surface area (Å²) in [5.74, 6) is 1.27. The third-order valence-corrected chi connectivity index (χ3v) is 3.19. The smallest absolute Gasteiger partial charge is 0.322 e. The molecule has 0 radical (unpaired) electrons. The fourth-order valence-corrected chi connectivity index (χ4v) is 1.80. The summed E-state index contributed by atoms with van der Waals surface area (Å²) in [5, 5.41) is 0. The molecular weight excluding hydrogens is 192 g/mol. The first-order valence-electron chi connectivity index (χ1n) is 5.60. The minimum absolute atomic E-state index is 0.309. The summed E-state index contributed by atoms with van der Waals surface area (Å²) in [5.41, 5.74) is 5.65. The summed E-state index contributed by atoms with van der Waals surface area (Å²) < 4.78 is 4.57. The Balaban J connectivity index is 2.10. The van der Waals surface area contributed by atoms with Crippen molar-refractivity contribution in [3.05, 3.63) is 0 Å². The van der Waals surface area contributed by atoms with Crippen molar-refractivity contribution < 1.29 is 9.53 Å². The summed E-state index contributed by atoms with van der Waals surface area (Å²) in [7, 11) is 1.38. The van der Waals surface area contributed by atoms with Crippen molar-refractivity contribution in [2.45, 2.75) is 26.3 Å². The average Bonchev–Trinajstić information content (AvgIpc) is 2.13. The van der Waals surface area contributed by atoms with Gasteiger partial charge in [-0.3, -0.25) is 4.79 Å². The Hall–Kier alpha value is -0.610. The number of carbonyl (C=O) groups is 1. The standard InChI is InChI=1S/C11H22N2O2/c1-8(2)9-6-13(7-9)5-4-10(12)11(14)15-3/h8-10H,4-7,12H2,1-3H3. The lowest BCUT2D eigenvalue weighted by molar-refractivity contribution is -0.142. The molecule has 0 saturated carbocycles. The number of ether oxygens (including phenoxy) is 1. The summed E-state index contributed by atoms with van der Waals surface area (Å²) in [6.07, 6.45) is 0.692. The molecule has 15 heavy (non-hydrogen) atoms. The van der Waals surface area contributed by atoms with Crippen LogP contribution >= 0.6 is 0 Å². The molecule has 0 bridgehead atoms. The number of nitrogens with two attached hydrogens (primary N) is 1. The van der Waals surface area contributed by atoms with Gasteiger partial charge in [-0.15, -0.1) is 0 Å². The molecule has 1 aliphatic heterocycles. The van der Waals surface area contributed by atoms with Crippen molar-refractivity contribution in [2.75, 3.05) is 26.7 Å². The predicted octanol–water partition coefficient (Wildman–Crippen LogP) is 0.465. The van der Waals surface area contributed by atoms with Gasteiger partial charge in [-0.25, -0.2) is 0 Å². The lowest BCUT2D eigenvalue weighted by Gasteiger charge is -2.41. The van der Waals surface area contributed by atoms with E-state index in [0.29, 0.717) is 6.42 Å². The number of hydrogen-bond donors (Lipinski definition) is 1. The lowest BCUT2D eigenvalue weighted by Crippen LogP contribution is -2.50. The van der Waals surface area contributed by atoms with Crippen LogP contribution in [0.4, 0.5) is 0 Å². The molecule has 88 valence electrons. The third-order valence-electron chi connectivity index (χ3n) is 3.19. The van der Waals surface area contributed by atoms with Crippen LogP contribution in [0.25, 0.3) is 0 Å². The van der Waals surface area contributed by atoms with E-state index in [-0.39, 0.29) is 5.97 Å². The number of likely N-dealkylation sites (tertiary alicyclic amines) is 1. The number of hydrogen-bond acceptors (Lipinski definition) is 4. The van der Waals surface area contributed by atoms with E-state index in [4.69, 9.17) is 5.73 Å². The van der Waals surface area contributed by atoms with Crippen LogP contribution in [0.15, 0.2) is 0 Å². The molecule has 4 heteroatoms. The fourth-order valence-electron chi connectivity index (χ4n) is 1.80. The molecule has 1 saturated heterocycles. The van der Waals surface area contributed by atoms with Gasteiger partial charge in [0.25, 0.3) is 0 Å². The normalized spacial score (nSPS) is 20.1. The van der Waals surface area contributed by atoms with Crippen LogP contribution in [0, 0.1) is 11.8 Å². The van der Waals surface area contributed by atoms with Gasteiger partial charge in [-0.2, -0.15) is 0 Å². The van der Waals surface area contributed by atoms with Crippen molar-refractivity contribution in [1.29, 1.82) is 0 Å². The van der Waals surface area contributed by atoms with E-state index >= 15 is 0 Å². The van der Waals surface area contributed by atoms with E-state index < -0.39 is 6.04 Å².